The summed E-state index contributed by atoms with van der Waals surface area (Å²) in [6.45, 7) is 5.99. The van der Waals surface area contributed by atoms with Crippen molar-refractivity contribution in [1.29, 1.82) is 0 Å². The minimum absolute atomic E-state index is 0.0598. The maximum atomic E-state index is 12.3. The first-order valence-corrected chi connectivity index (χ1v) is 8.15. The van der Waals surface area contributed by atoms with Crippen LogP contribution in [0.25, 0.3) is 0 Å². The third kappa shape index (κ3) is 4.64. The van der Waals surface area contributed by atoms with Crippen LogP contribution in [0.1, 0.15) is 23.6 Å². The minimum Gasteiger partial charge on any atom is -0.325 e. The molecule has 0 heterocycles. The number of benzene rings is 2. The van der Waals surface area contributed by atoms with E-state index in [0.29, 0.717) is 0 Å². The van der Waals surface area contributed by atoms with E-state index in [1.165, 1.54) is 5.56 Å². The Morgan fingerprint density at radius 3 is 2.57 bits per heavy atom. The number of hydrogen-bond donors (Lipinski definition) is 1. The molecule has 1 atom stereocenters. The summed E-state index contributed by atoms with van der Waals surface area (Å²) in [5.41, 5.74) is 4.40. The lowest BCUT2D eigenvalue weighted by Gasteiger charge is -2.14. The average molecular weight is 299 g/mol. The highest BCUT2D eigenvalue weighted by Gasteiger charge is 2.14. The molecule has 0 aliphatic heterocycles. The molecule has 0 aliphatic rings. The van der Waals surface area contributed by atoms with Gasteiger partial charge in [-0.05, 0) is 43.5 Å². The van der Waals surface area contributed by atoms with Gasteiger partial charge in [-0.3, -0.25) is 4.79 Å². The van der Waals surface area contributed by atoms with Crippen molar-refractivity contribution in [2.45, 2.75) is 31.8 Å². The van der Waals surface area contributed by atoms with Gasteiger partial charge in [0.15, 0.2) is 0 Å². The van der Waals surface area contributed by atoms with Gasteiger partial charge in [0.2, 0.25) is 5.91 Å². The van der Waals surface area contributed by atoms with Gasteiger partial charge in [0.05, 0.1) is 5.25 Å². The van der Waals surface area contributed by atoms with Crippen LogP contribution in [-0.2, 0) is 10.5 Å². The molecule has 2 aromatic carbocycles. The first kappa shape index (κ1) is 15.6. The molecule has 0 aliphatic carbocycles. The summed E-state index contributed by atoms with van der Waals surface area (Å²) in [5.74, 6) is 0.909. The Morgan fingerprint density at radius 1 is 1.14 bits per heavy atom. The van der Waals surface area contributed by atoms with Crippen molar-refractivity contribution in [3.63, 3.8) is 0 Å². The zero-order valence-corrected chi connectivity index (χ0v) is 13.5. The molecule has 21 heavy (non-hydrogen) atoms. The summed E-state index contributed by atoms with van der Waals surface area (Å²) >= 11 is 1.65. The number of carbonyl (C=O) groups excluding carboxylic acids is 1. The van der Waals surface area contributed by atoms with Crippen LogP contribution in [0.5, 0.6) is 0 Å². The maximum Gasteiger partial charge on any atom is 0.237 e. The monoisotopic (exact) mass is 299 g/mol. The lowest BCUT2D eigenvalue weighted by Crippen LogP contribution is -2.23. The van der Waals surface area contributed by atoms with E-state index < -0.39 is 0 Å². The topological polar surface area (TPSA) is 29.1 Å². The Kier molecular flexibility index (Phi) is 5.45. The summed E-state index contributed by atoms with van der Waals surface area (Å²) < 4.78 is 0. The van der Waals surface area contributed by atoms with Crippen LogP contribution < -0.4 is 5.32 Å². The molecule has 0 spiro atoms. The van der Waals surface area contributed by atoms with Gasteiger partial charge in [-0.2, -0.15) is 0 Å². The van der Waals surface area contributed by atoms with E-state index in [9.17, 15) is 4.79 Å². The van der Waals surface area contributed by atoms with E-state index in [2.05, 4.69) is 23.5 Å². The van der Waals surface area contributed by atoms with Crippen LogP contribution in [0.3, 0.4) is 0 Å². The van der Waals surface area contributed by atoms with E-state index >= 15 is 0 Å². The zero-order valence-electron chi connectivity index (χ0n) is 12.7. The Bertz CT molecular complexity index is 610. The van der Waals surface area contributed by atoms with Crippen LogP contribution in [-0.4, -0.2) is 11.2 Å². The van der Waals surface area contributed by atoms with Gasteiger partial charge in [-0.15, -0.1) is 11.8 Å². The van der Waals surface area contributed by atoms with Gasteiger partial charge in [-0.25, -0.2) is 0 Å². The molecular weight excluding hydrogens is 278 g/mol. The molecule has 1 amide bonds. The zero-order chi connectivity index (χ0) is 15.2. The lowest BCUT2D eigenvalue weighted by molar-refractivity contribution is -0.115. The van der Waals surface area contributed by atoms with Crippen LogP contribution in [0.15, 0.2) is 48.5 Å². The quantitative estimate of drug-likeness (QED) is 0.876. The van der Waals surface area contributed by atoms with Crippen molar-refractivity contribution in [2.24, 2.45) is 0 Å². The van der Waals surface area contributed by atoms with Gasteiger partial charge in [0, 0.05) is 11.4 Å². The Morgan fingerprint density at radius 2 is 1.86 bits per heavy atom. The predicted molar refractivity (Wildman–Crippen MR) is 91.7 cm³/mol. The predicted octanol–water partition coefficient (Wildman–Crippen LogP) is 4.56. The first-order chi connectivity index (χ1) is 10.1. The molecule has 0 radical (unpaired) electrons. The van der Waals surface area contributed by atoms with Crippen LogP contribution >= 0.6 is 11.8 Å². The fourth-order valence-electron chi connectivity index (χ4n) is 1.98. The molecule has 0 unspecified atom stereocenters. The van der Waals surface area contributed by atoms with Crippen molar-refractivity contribution in [1.82, 2.24) is 0 Å². The molecule has 2 nitrogen and oxygen atoms in total. The van der Waals surface area contributed by atoms with Crippen LogP contribution in [0.4, 0.5) is 5.69 Å². The van der Waals surface area contributed by atoms with Gasteiger partial charge >= 0.3 is 0 Å². The molecule has 110 valence electrons. The smallest absolute Gasteiger partial charge is 0.237 e. The number of amides is 1. The molecule has 1 N–H and O–H groups in total. The molecule has 0 aromatic heterocycles. The third-order valence-electron chi connectivity index (χ3n) is 3.36. The van der Waals surface area contributed by atoms with Crippen LogP contribution in [0.2, 0.25) is 0 Å². The number of nitrogens with one attached hydrogen (secondary N) is 1. The number of thioether (sulfide) groups is 1. The number of hydrogen-bond acceptors (Lipinski definition) is 2. The lowest BCUT2D eigenvalue weighted by atomic mass is 10.1. The number of aryl methyl sites for hydroxylation is 2. The van der Waals surface area contributed by atoms with E-state index in [1.807, 2.05) is 51.1 Å². The van der Waals surface area contributed by atoms with Crippen LogP contribution in [0, 0.1) is 13.8 Å². The summed E-state index contributed by atoms with van der Waals surface area (Å²) in [6.07, 6.45) is 0. The summed E-state index contributed by atoms with van der Waals surface area (Å²) in [5, 5.41) is 2.95. The second-order valence-electron chi connectivity index (χ2n) is 5.25. The van der Waals surface area contributed by atoms with E-state index in [-0.39, 0.29) is 11.2 Å². The first-order valence-electron chi connectivity index (χ1n) is 7.10. The molecule has 2 aromatic rings. The van der Waals surface area contributed by atoms with Gasteiger partial charge in [0.1, 0.15) is 0 Å². The summed E-state index contributed by atoms with van der Waals surface area (Å²) in [6, 6.07) is 16.3. The van der Waals surface area contributed by atoms with Gasteiger partial charge in [-0.1, -0.05) is 42.5 Å². The van der Waals surface area contributed by atoms with Crippen molar-refractivity contribution < 1.29 is 4.79 Å². The van der Waals surface area contributed by atoms with Gasteiger partial charge < -0.3 is 5.32 Å². The van der Waals surface area contributed by atoms with Crippen molar-refractivity contribution in [3.05, 3.63) is 65.2 Å². The average Bonchev–Trinajstić information content (AvgIpc) is 2.49. The molecule has 0 bridgehead atoms. The van der Waals surface area contributed by atoms with Crippen molar-refractivity contribution in [2.75, 3.05) is 5.32 Å². The largest absolute Gasteiger partial charge is 0.325 e. The molecule has 2 rings (SSSR count). The second kappa shape index (κ2) is 7.32. The maximum absolute atomic E-state index is 12.3. The SMILES string of the molecule is Cc1ccc(C)c(NC(=O)[C@@H](C)SCc2ccccc2)c1. The minimum atomic E-state index is -0.0786. The molecule has 0 fully saturated rings. The second-order valence-corrected chi connectivity index (χ2v) is 6.58. The molecular formula is C18H21NOS. The number of rotatable bonds is 5. The van der Waals surface area contributed by atoms with E-state index in [1.54, 1.807) is 11.8 Å². The van der Waals surface area contributed by atoms with Gasteiger partial charge in [0.25, 0.3) is 0 Å². The molecule has 3 heteroatoms. The highest BCUT2D eigenvalue weighted by atomic mass is 32.2. The Hall–Kier alpha value is -1.74. The Labute approximate surface area is 131 Å². The number of anilines is 1. The van der Waals surface area contributed by atoms with Crippen molar-refractivity contribution in [3.8, 4) is 0 Å². The fraction of sp³-hybridized carbons (Fsp3) is 0.278. The normalized spacial score (nSPS) is 12.0. The van der Waals surface area contributed by atoms with E-state index in [4.69, 9.17) is 0 Å². The van der Waals surface area contributed by atoms with Crippen molar-refractivity contribution >= 4 is 23.4 Å². The highest BCUT2D eigenvalue weighted by molar-refractivity contribution is 7.99. The molecule has 0 saturated heterocycles. The third-order valence-corrected chi connectivity index (χ3v) is 4.58. The summed E-state index contributed by atoms with van der Waals surface area (Å²) in [7, 11) is 0. The van der Waals surface area contributed by atoms with E-state index in [0.717, 1.165) is 22.6 Å². The summed E-state index contributed by atoms with van der Waals surface area (Å²) in [4.78, 5) is 12.3. The Balaban J connectivity index is 1.92. The standard InChI is InChI=1S/C18H21NOS/c1-13-9-10-14(2)17(11-13)19-18(20)15(3)21-12-16-7-5-4-6-8-16/h4-11,15H,12H2,1-3H3,(H,19,20)/t15-/m1/s1. The molecule has 0 saturated carbocycles. The highest BCUT2D eigenvalue weighted by Crippen LogP contribution is 2.21. The fourth-order valence-corrected chi connectivity index (χ4v) is 2.82. The number of carbonyl (C=O) groups is 1.